The van der Waals surface area contributed by atoms with Crippen molar-refractivity contribution < 1.29 is 14.1 Å². The molecule has 5 nitrogen and oxygen atoms in total. The molecule has 1 aliphatic rings. The molecule has 128 valence electrons. The van der Waals surface area contributed by atoms with Crippen molar-refractivity contribution in [3.05, 3.63) is 30.1 Å². The summed E-state index contributed by atoms with van der Waals surface area (Å²) in [6.07, 6.45) is 10.2. The predicted molar refractivity (Wildman–Crippen MR) is 90.2 cm³/mol. The molecule has 1 fully saturated rings. The van der Waals surface area contributed by atoms with Crippen molar-refractivity contribution in [1.29, 1.82) is 0 Å². The molecule has 2 N–H and O–H groups in total. The highest BCUT2D eigenvalue weighted by atomic mass is 16.5. The Kier molecular flexibility index (Phi) is 6.54. The molecule has 0 aromatic carbocycles. The molecule has 0 spiro atoms. The van der Waals surface area contributed by atoms with Crippen molar-refractivity contribution in [3.63, 3.8) is 0 Å². The lowest BCUT2D eigenvalue weighted by Gasteiger charge is -2.43. The third-order valence-corrected chi connectivity index (χ3v) is 4.94. The van der Waals surface area contributed by atoms with Gasteiger partial charge in [-0.2, -0.15) is 0 Å². The Hall–Kier alpha value is -1.46. The van der Waals surface area contributed by atoms with E-state index in [4.69, 9.17) is 4.74 Å². The largest absolute Gasteiger partial charge is 0.457 e. The van der Waals surface area contributed by atoms with E-state index in [9.17, 15) is 4.79 Å². The fraction of sp³-hybridized carbons (Fsp3) is 0.667. The van der Waals surface area contributed by atoms with Gasteiger partial charge in [0.05, 0.1) is 5.54 Å². The maximum Gasteiger partial charge on any atom is 0.344 e. The normalized spacial score (nSPS) is 18.4. The number of carbonyl (C=O) groups is 1. The average molecular weight is 320 g/mol. The topological polar surface area (TPSA) is 54.2 Å². The number of hydrogen-bond donors (Lipinski definition) is 2. The van der Waals surface area contributed by atoms with Gasteiger partial charge in [0.2, 0.25) is 0 Å². The van der Waals surface area contributed by atoms with E-state index in [1.54, 1.807) is 0 Å². The highest BCUT2D eigenvalue weighted by Crippen LogP contribution is 2.34. The van der Waals surface area contributed by atoms with E-state index in [0.717, 1.165) is 25.8 Å². The molecular weight excluding hydrogens is 290 g/mol. The lowest BCUT2D eigenvalue weighted by molar-refractivity contribution is -0.671. The molecule has 0 bridgehead atoms. The van der Waals surface area contributed by atoms with Crippen molar-refractivity contribution >= 4 is 5.97 Å². The molecule has 0 aliphatic heterocycles. The van der Waals surface area contributed by atoms with E-state index >= 15 is 0 Å². The van der Waals surface area contributed by atoms with Crippen LogP contribution in [0.2, 0.25) is 0 Å². The van der Waals surface area contributed by atoms with Crippen LogP contribution in [-0.4, -0.2) is 38.3 Å². The molecule has 1 heterocycles. The predicted octanol–water partition coefficient (Wildman–Crippen LogP) is 1.57. The van der Waals surface area contributed by atoms with Crippen LogP contribution in [0.15, 0.2) is 24.5 Å². The maximum absolute atomic E-state index is 12.6. The quantitative estimate of drug-likeness (QED) is 0.591. The third-order valence-electron chi connectivity index (χ3n) is 4.94. The molecule has 1 atom stereocenters. The van der Waals surface area contributed by atoms with Crippen molar-refractivity contribution in [2.24, 2.45) is 7.05 Å². The number of nitrogens with one attached hydrogen (secondary N) is 2. The smallest absolute Gasteiger partial charge is 0.344 e. The van der Waals surface area contributed by atoms with Gasteiger partial charge in [0.15, 0.2) is 12.4 Å². The molecule has 0 saturated heterocycles. The summed E-state index contributed by atoms with van der Waals surface area (Å²) in [6, 6.07) is 3.68. The van der Waals surface area contributed by atoms with Crippen LogP contribution in [0.1, 0.15) is 48.9 Å². The number of aryl methyl sites for hydroxylation is 1. The summed E-state index contributed by atoms with van der Waals surface area (Å²) in [6.45, 7) is 0.837. The van der Waals surface area contributed by atoms with Crippen LogP contribution in [0.5, 0.6) is 0 Å². The molecular formula is C18H30N3O2+. The Labute approximate surface area is 139 Å². The van der Waals surface area contributed by atoms with Gasteiger partial charge in [-0.05, 0) is 46.0 Å². The summed E-state index contributed by atoms with van der Waals surface area (Å²) < 4.78 is 7.84. The maximum atomic E-state index is 12.6. The Balaban J connectivity index is 2.15. The van der Waals surface area contributed by atoms with E-state index < -0.39 is 0 Å². The van der Waals surface area contributed by atoms with Crippen molar-refractivity contribution in [3.8, 4) is 0 Å². The Morgan fingerprint density at radius 2 is 2.09 bits per heavy atom. The van der Waals surface area contributed by atoms with Crippen molar-refractivity contribution in [2.75, 3.05) is 20.6 Å². The third kappa shape index (κ3) is 4.52. The summed E-state index contributed by atoms with van der Waals surface area (Å²) in [4.78, 5) is 12.6. The number of hydrogen-bond acceptors (Lipinski definition) is 4. The summed E-state index contributed by atoms with van der Waals surface area (Å²) in [5.74, 6) is -0.234. The Morgan fingerprint density at radius 3 is 2.70 bits per heavy atom. The van der Waals surface area contributed by atoms with Gasteiger partial charge >= 0.3 is 5.97 Å². The summed E-state index contributed by atoms with van der Waals surface area (Å²) >= 11 is 0. The molecule has 23 heavy (non-hydrogen) atoms. The van der Waals surface area contributed by atoms with Crippen LogP contribution >= 0.6 is 0 Å². The zero-order valence-electron chi connectivity index (χ0n) is 14.6. The van der Waals surface area contributed by atoms with Crippen LogP contribution in [0.4, 0.5) is 0 Å². The lowest BCUT2D eigenvalue weighted by Crippen LogP contribution is -2.56. The second-order valence-corrected chi connectivity index (χ2v) is 6.51. The molecule has 1 unspecified atom stereocenters. The van der Waals surface area contributed by atoms with Gasteiger partial charge in [0.1, 0.15) is 18.7 Å². The fourth-order valence-corrected chi connectivity index (χ4v) is 3.54. The fourth-order valence-electron chi connectivity index (χ4n) is 3.54. The van der Waals surface area contributed by atoms with Crippen LogP contribution in [0.3, 0.4) is 0 Å². The van der Waals surface area contributed by atoms with E-state index in [-0.39, 0.29) is 17.6 Å². The minimum absolute atomic E-state index is 0.0955. The van der Waals surface area contributed by atoms with E-state index in [0.29, 0.717) is 5.56 Å². The lowest BCUT2D eigenvalue weighted by atomic mass is 9.76. The number of nitrogens with zero attached hydrogens (tertiary/aromatic N) is 1. The SMILES string of the molecule is CNCCC(OC(=O)c1ccc[n+](C)c1)C1(NC)CCCCC1. The number of likely N-dealkylation sites (N-methyl/N-ethyl adjacent to an activating group) is 1. The Bertz CT molecular complexity index is 513. The number of esters is 1. The second-order valence-electron chi connectivity index (χ2n) is 6.51. The summed E-state index contributed by atoms with van der Waals surface area (Å²) in [5.41, 5.74) is 0.508. The van der Waals surface area contributed by atoms with E-state index in [2.05, 4.69) is 10.6 Å². The number of aromatic nitrogens is 1. The highest BCUT2D eigenvalue weighted by molar-refractivity contribution is 5.88. The minimum atomic E-state index is -0.234. The van der Waals surface area contributed by atoms with Gasteiger partial charge in [-0.15, -0.1) is 0 Å². The van der Waals surface area contributed by atoms with Gasteiger partial charge in [0, 0.05) is 6.07 Å². The van der Waals surface area contributed by atoms with Crippen LogP contribution in [-0.2, 0) is 11.8 Å². The molecule has 2 rings (SSSR count). The second kappa shape index (κ2) is 8.41. The highest BCUT2D eigenvalue weighted by Gasteiger charge is 2.40. The Morgan fingerprint density at radius 1 is 1.35 bits per heavy atom. The van der Waals surface area contributed by atoms with Gasteiger partial charge in [-0.25, -0.2) is 9.36 Å². The van der Waals surface area contributed by atoms with E-state index in [1.807, 2.05) is 50.2 Å². The first-order chi connectivity index (χ1) is 11.1. The standard InChI is InChI=1S/C18H30N3O2/c1-19-12-9-16(18(20-2)10-5-4-6-11-18)23-17(22)15-8-7-13-21(3)14-15/h7-8,13-14,16,19-20H,4-6,9-12H2,1-3H3/q+1. The number of pyridine rings is 1. The van der Waals surface area contributed by atoms with Crippen LogP contribution in [0, 0.1) is 0 Å². The van der Waals surface area contributed by atoms with Crippen molar-refractivity contribution in [1.82, 2.24) is 10.6 Å². The van der Waals surface area contributed by atoms with Crippen molar-refractivity contribution in [2.45, 2.75) is 50.2 Å². The summed E-state index contributed by atoms with van der Waals surface area (Å²) in [7, 11) is 5.84. The number of rotatable bonds is 7. The first-order valence-electron chi connectivity index (χ1n) is 8.61. The monoisotopic (exact) mass is 320 g/mol. The minimum Gasteiger partial charge on any atom is -0.457 e. The number of carbonyl (C=O) groups excluding carboxylic acids is 1. The molecule has 0 amide bonds. The van der Waals surface area contributed by atoms with Crippen LogP contribution < -0.4 is 15.2 Å². The zero-order chi connectivity index (χ0) is 16.7. The molecule has 1 aromatic heterocycles. The molecule has 5 heteroatoms. The zero-order valence-corrected chi connectivity index (χ0v) is 14.6. The average Bonchev–Trinajstić information content (AvgIpc) is 2.59. The molecule has 1 saturated carbocycles. The first kappa shape index (κ1) is 17.9. The van der Waals surface area contributed by atoms with Crippen LogP contribution in [0.25, 0.3) is 0 Å². The molecule has 1 aromatic rings. The van der Waals surface area contributed by atoms with Gasteiger partial charge < -0.3 is 15.4 Å². The molecule has 0 radical (unpaired) electrons. The van der Waals surface area contributed by atoms with Gasteiger partial charge in [-0.1, -0.05) is 19.3 Å². The van der Waals surface area contributed by atoms with Gasteiger partial charge in [-0.3, -0.25) is 0 Å². The van der Waals surface area contributed by atoms with E-state index in [1.165, 1.54) is 19.3 Å². The van der Waals surface area contributed by atoms with Gasteiger partial charge in [0.25, 0.3) is 0 Å². The summed E-state index contributed by atoms with van der Waals surface area (Å²) in [5, 5.41) is 6.66. The molecule has 1 aliphatic carbocycles. The number of ether oxygens (including phenoxy) is 1. The first-order valence-corrected chi connectivity index (χ1v) is 8.61.